The molecular formula is C19H18ClNO3. The minimum atomic E-state index is -0.422. The first-order valence-corrected chi connectivity index (χ1v) is 8.29. The van der Waals surface area contributed by atoms with Gasteiger partial charge in [0.05, 0.1) is 6.61 Å². The summed E-state index contributed by atoms with van der Waals surface area (Å²) in [7, 11) is 0. The molecule has 0 fully saturated rings. The fraction of sp³-hybridized carbons (Fsp3) is 0.263. The van der Waals surface area contributed by atoms with E-state index in [0.717, 1.165) is 11.3 Å². The Morgan fingerprint density at radius 1 is 1.33 bits per heavy atom. The third-order valence-corrected chi connectivity index (χ3v) is 4.55. The molecule has 124 valence electrons. The molecule has 0 aliphatic heterocycles. The highest BCUT2D eigenvalue weighted by Gasteiger charge is 2.29. The number of hydrogen-bond acceptors (Lipinski definition) is 3. The molecule has 0 saturated carbocycles. The number of aromatic nitrogens is 1. The molecule has 4 nitrogen and oxygen atoms in total. The van der Waals surface area contributed by atoms with Gasteiger partial charge in [-0.05, 0) is 50.0 Å². The number of halogens is 1. The van der Waals surface area contributed by atoms with Crippen LogP contribution in [0.4, 0.5) is 0 Å². The van der Waals surface area contributed by atoms with Crippen LogP contribution in [0.15, 0.2) is 29.8 Å². The number of aryl methyl sites for hydroxylation is 1. The van der Waals surface area contributed by atoms with Crippen LogP contribution in [-0.2, 0) is 11.2 Å². The van der Waals surface area contributed by atoms with Crippen molar-refractivity contribution in [3.8, 4) is 0 Å². The number of allylic oxidation sites excluding steroid dienone is 1. The number of esters is 1. The number of ether oxygens (including phenoxy) is 1. The van der Waals surface area contributed by atoms with E-state index in [4.69, 9.17) is 16.3 Å². The largest absolute Gasteiger partial charge is 0.461 e. The first-order valence-electron chi connectivity index (χ1n) is 7.91. The number of Topliss-reactive ketones (excluding diaryl/α,β-unsaturated/α-hetero) is 1. The zero-order valence-electron chi connectivity index (χ0n) is 13.6. The van der Waals surface area contributed by atoms with Crippen LogP contribution in [0.2, 0.25) is 5.02 Å². The quantitative estimate of drug-likeness (QED) is 0.665. The van der Waals surface area contributed by atoms with Crippen LogP contribution in [0.1, 0.15) is 51.0 Å². The number of carbonyl (C=O) groups excluding carboxylic acids is 2. The van der Waals surface area contributed by atoms with E-state index in [-0.39, 0.29) is 5.78 Å². The molecule has 1 aliphatic rings. The van der Waals surface area contributed by atoms with E-state index in [0.29, 0.717) is 46.9 Å². The standard InChI is InChI=1S/C19H18ClNO3/c1-3-24-19(23)17-11(2)16-15(21-17)9-8-13(18(16)22)10-12-6-4-5-7-14(12)20/h4-7,10,21H,3,8-9H2,1-2H3/b13-10-. The third kappa shape index (κ3) is 2.89. The van der Waals surface area contributed by atoms with Gasteiger partial charge in [-0.2, -0.15) is 0 Å². The molecule has 1 aliphatic carbocycles. The minimum absolute atomic E-state index is 0.0551. The number of carbonyl (C=O) groups is 2. The van der Waals surface area contributed by atoms with Crippen molar-refractivity contribution in [2.75, 3.05) is 6.61 Å². The number of hydrogen-bond donors (Lipinski definition) is 1. The molecule has 1 aromatic carbocycles. The Kier molecular flexibility index (Phi) is 4.58. The molecule has 5 heteroatoms. The Hall–Kier alpha value is -2.33. The number of nitrogens with one attached hydrogen (secondary N) is 1. The molecule has 1 N–H and O–H groups in total. The summed E-state index contributed by atoms with van der Waals surface area (Å²) < 4.78 is 5.05. The van der Waals surface area contributed by atoms with Crippen LogP contribution < -0.4 is 0 Å². The van der Waals surface area contributed by atoms with Gasteiger partial charge < -0.3 is 9.72 Å². The molecular weight excluding hydrogens is 326 g/mol. The smallest absolute Gasteiger partial charge is 0.355 e. The molecule has 0 spiro atoms. The first kappa shape index (κ1) is 16.5. The molecule has 0 atom stereocenters. The molecule has 1 heterocycles. The first-order chi connectivity index (χ1) is 11.5. The molecule has 1 aromatic heterocycles. The minimum Gasteiger partial charge on any atom is -0.461 e. The van der Waals surface area contributed by atoms with Crippen molar-refractivity contribution in [1.29, 1.82) is 0 Å². The van der Waals surface area contributed by atoms with Gasteiger partial charge in [0.1, 0.15) is 5.69 Å². The van der Waals surface area contributed by atoms with E-state index in [1.54, 1.807) is 19.9 Å². The fourth-order valence-electron chi connectivity index (χ4n) is 3.01. The number of rotatable bonds is 3. The van der Waals surface area contributed by atoms with Gasteiger partial charge in [-0.3, -0.25) is 4.79 Å². The van der Waals surface area contributed by atoms with Crippen molar-refractivity contribution >= 4 is 29.4 Å². The Morgan fingerprint density at radius 2 is 2.08 bits per heavy atom. The highest BCUT2D eigenvalue weighted by atomic mass is 35.5. The Balaban J connectivity index is 1.99. The van der Waals surface area contributed by atoms with Gasteiger partial charge >= 0.3 is 5.97 Å². The van der Waals surface area contributed by atoms with Crippen LogP contribution in [-0.4, -0.2) is 23.3 Å². The summed E-state index contributed by atoms with van der Waals surface area (Å²) in [6.45, 7) is 3.83. The van der Waals surface area contributed by atoms with Crippen LogP contribution in [0.5, 0.6) is 0 Å². The summed E-state index contributed by atoms with van der Waals surface area (Å²) in [5.74, 6) is -0.477. The zero-order valence-corrected chi connectivity index (χ0v) is 14.4. The third-order valence-electron chi connectivity index (χ3n) is 4.21. The van der Waals surface area contributed by atoms with Gasteiger partial charge in [-0.25, -0.2) is 4.79 Å². The van der Waals surface area contributed by atoms with Gasteiger partial charge in [0.2, 0.25) is 0 Å². The lowest BCUT2D eigenvalue weighted by atomic mass is 9.88. The van der Waals surface area contributed by atoms with E-state index in [9.17, 15) is 9.59 Å². The summed E-state index contributed by atoms with van der Waals surface area (Å²) in [5.41, 5.74) is 3.93. The average Bonchev–Trinajstić information content (AvgIpc) is 2.90. The SMILES string of the molecule is CCOC(=O)c1[nH]c2c(c1C)C(=O)/C(=C\c1ccccc1Cl)CC2. The topological polar surface area (TPSA) is 59.2 Å². The van der Waals surface area contributed by atoms with Gasteiger partial charge in [-0.1, -0.05) is 29.8 Å². The molecule has 2 aromatic rings. The summed E-state index contributed by atoms with van der Waals surface area (Å²) >= 11 is 6.18. The van der Waals surface area contributed by atoms with Crippen molar-refractivity contribution in [2.45, 2.75) is 26.7 Å². The second kappa shape index (κ2) is 6.65. The highest BCUT2D eigenvalue weighted by molar-refractivity contribution is 6.32. The van der Waals surface area contributed by atoms with Crippen molar-refractivity contribution < 1.29 is 14.3 Å². The van der Waals surface area contributed by atoms with Gasteiger partial charge in [0.15, 0.2) is 5.78 Å². The number of ketones is 1. The fourth-order valence-corrected chi connectivity index (χ4v) is 3.20. The van der Waals surface area contributed by atoms with Gasteiger partial charge in [0, 0.05) is 21.9 Å². The van der Waals surface area contributed by atoms with Crippen LogP contribution in [0.25, 0.3) is 6.08 Å². The summed E-state index contributed by atoms with van der Waals surface area (Å²) in [4.78, 5) is 27.9. The maximum absolute atomic E-state index is 12.9. The lowest BCUT2D eigenvalue weighted by Gasteiger charge is -2.15. The molecule has 3 rings (SSSR count). The van der Waals surface area contributed by atoms with Crippen LogP contribution in [0, 0.1) is 6.92 Å². The molecule has 24 heavy (non-hydrogen) atoms. The average molecular weight is 344 g/mol. The van der Waals surface area contributed by atoms with E-state index < -0.39 is 5.97 Å². The highest BCUT2D eigenvalue weighted by Crippen LogP contribution is 2.31. The second-order valence-corrected chi connectivity index (χ2v) is 6.13. The Morgan fingerprint density at radius 3 is 2.79 bits per heavy atom. The van der Waals surface area contributed by atoms with E-state index in [2.05, 4.69) is 4.98 Å². The summed E-state index contributed by atoms with van der Waals surface area (Å²) in [6.07, 6.45) is 3.13. The molecule has 0 bridgehead atoms. The van der Waals surface area contributed by atoms with E-state index in [1.165, 1.54) is 0 Å². The number of benzene rings is 1. The summed E-state index contributed by atoms with van der Waals surface area (Å²) in [6, 6.07) is 7.42. The summed E-state index contributed by atoms with van der Waals surface area (Å²) in [5, 5.41) is 0.613. The number of fused-ring (bicyclic) bond motifs is 1. The molecule has 0 unspecified atom stereocenters. The lowest BCUT2D eigenvalue weighted by molar-refractivity contribution is 0.0519. The second-order valence-electron chi connectivity index (χ2n) is 5.72. The molecule has 0 amide bonds. The monoisotopic (exact) mass is 343 g/mol. The van der Waals surface area contributed by atoms with Crippen molar-refractivity contribution in [3.63, 3.8) is 0 Å². The molecule has 0 saturated heterocycles. The predicted octanol–water partition coefficient (Wildman–Crippen LogP) is 4.37. The van der Waals surface area contributed by atoms with Crippen molar-refractivity contribution in [1.82, 2.24) is 4.98 Å². The van der Waals surface area contributed by atoms with Crippen LogP contribution in [0.3, 0.4) is 0 Å². The molecule has 0 radical (unpaired) electrons. The van der Waals surface area contributed by atoms with Gasteiger partial charge in [-0.15, -0.1) is 0 Å². The zero-order chi connectivity index (χ0) is 17.3. The van der Waals surface area contributed by atoms with Gasteiger partial charge in [0.25, 0.3) is 0 Å². The maximum atomic E-state index is 12.9. The Labute approximate surface area is 145 Å². The lowest BCUT2D eigenvalue weighted by Crippen LogP contribution is -2.14. The van der Waals surface area contributed by atoms with Crippen LogP contribution >= 0.6 is 11.6 Å². The number of H-pyrrole nitrogens is 1. The normalized spacial score (nSPS) is 15.5. The van der Waals surface area contributed by atoms with Crippen molar-refractivity contribution in [3.05, 3.63) is 62.9 Å². The van der Waals surface area contributed by atoms with Crippen molar-refractivity contribution in [2.24, 2.45) is 0 Å². The number of aromatic amines is 1. The predicted molar refractivity (Wildman–Crippen MR) is 93.6 cm³/mol. The van der Waals surface area contributed by atoms with E-state index >= 15 is 0 Å². The van der Waals surface area contributed by atoms with E-state index in [1.807, 2.05) is 24.3 Å². The maximum Gasteiger partial charge on any atom is 0.355 e. The Bertz CT molecular complexity index is 848.